The highest BCUT2D eigenvalue weighted by Gasteiger charge is 2.29. The maximum atomic E-state index is 11.4. The van der Waals surface area contributed by atoms with Crippen LogP contribution in [-0.4, -0.2) is 33.5 Å². The highest BCUT2D eigenvalue weighted by Crippen LogP contribution is 2.47. The number of hydrogen-bond donors (Lipinski definition) is 2. The average molecular weight is 326 g/mol. The second kappa shape index (κ2) is 5.20. The van der Waals surface area contributed by atoms with E-state index in [0.717, 1.165) is 16.8 Å². The van der Waals surface area contributed by atoms with Gasteiger partial charge in [0.25, 0.3) is 5.69 Å². The predicted molar refractivity (Wildman–Crippen MR) is 88.7 cm³/mol. The number of aliphatic hydroxyl groups excluding tert-OH is 1. The van der Waals surface area contributed by atoms with Gasteiger partial charge in [0, 0.05) is 17.3 Å². The molecular formula is C16H14N4O4. The minimum atomic E-state index is -0.413. The van der Waals surface area contributed by atoms with E-state index < -0.39 is 4.92 Å². The Kier molecular flexibility index (Phi) is 3.14. The summed E-state index contributed by atoms with van der Waals surface area (Å²) >= 11 is 0. The van der Waals surface area contributed by atoms with Crippen LogP contribution in [0.5, 0.6) is 5.75 Å². The van der Waals surface area contributed by atoms with Gasteiger partial charge in [-0.1, -0.05) is 0 Å². The standard InChI is InChI=1S/C16H14N4O4/c1-24-9-2-3-11-10(8-9)15-14-12(19(18-15)6-7-21)4-5-13(20(22)23)16(14)17-11/h2-5,8,17,21H,6-7H2,1H3. The Morgan fingerprint density at radius 1 is 1.38 bits per heavy atom. The Bertz CT molecular complexity index is 980. The van der Waals surface area contributed by atoms with Crippen molar-refractivity contribution in [3.63, 3.8) is 0 Å². The maximum absolute atomic E-state index is 11.4. The third kappa shape index (κ3) is 1.93. The molecule has 4 rings (SSSR count). The number of nitro benzene ring substituents is 1. The molecule has 1 aromatic heterocycles. The summed E-state index contributed by atoms with van der Waals surface area (Å²) in [5.41, 5.74) is 3.34. The minimum absolute atomic E-state index is 0.00577. The van der Waals surface area contributed by atoms with Gasteiger partial charge in [0.1, 0.15) is 17.1 Å². The van der Waals surface area contributed by atoms with Crippen molar-refractivity contribution in [2.75, 3.05) is 19.0 Å². The summed E-state index contributed by atoms with van der Waals surface area (Å²) in [5, 5.41) is 29.0. The molecule has 8 heteroatoms. The average Bonchev–Trinajstić information content (AvgIpc) is 2.95. The SMILES string of the molecule is COc1ccc2c(c1)-c1nn(CCO)c3ccc([N+](=O)[O-])c(c13)N2. The number of benzene rings is 2. The number of nitro groups is 1. The smallest absolute Gasteiger partial charge is 0.293 e. The Hall–Kier alpha value is -3.13. The molecule has 2 aromatic carbocycles. The molecular weight excluding hydrogens is 312 g/mol. The highest BCUT2D eigenvalue weighted by atomic mass is 16.6. The second-order valence-corrected chi connectivity index (χ2v) is 5.44. The molecule has 8 nitrogen and oxygen atoms in total. The third-order valence-electron chi connectivity index (χ3n) is 4.15. The molecule has 0 radical (unpaired) electrons. The van der Waals surface area contributed by atoms with Gasteiger partial charge in [0.2, 0.25) is 0 Å². The summed E-state index contributed by atoms with van der Waals surface area (Å²) in [7, 11) is 1.58. The van der Waals surface area contributed by atoms with E-state index >= 15 is 0 Å². The van der Waals surface area contributed by atoms with Crippen LogP contribution in [0.4, 0.5) is 17.1 Å². The molecule has 0 saturated carbocycles. The van der Waals surface area contributed by atoms with Crippen LogP contribution < -0.4 is 10.1 Å². The number of nitrogens with zero attached hydrogens (tertiary/aromatic N) is 3. The molecule has 0 saturated heterocycles. The van der Waals surface area contributed by atoms with Crippen molar-refractivity contribution in [1.29, 1.82) is 0 Å². The number of methoxy groups -OCH3 is 1. The summed E-state index contributed by atoms with van der Waals surface area (Å²) in [6, 6.07) is 8.56. The van der Waals surface area contributed by atoms with Gasteiger partial charge in [-0.2, -0.15) is 5.10 Å². The minimum Gasteiger partial charge on any atom is -0.497 e. The summed E-state index contributed by atoms with van der Waals surface area (Å²) < 4.78 is 6.93. The molecule has 0 atom stereocenters. The Morgan fingerprint density at radius 2 is 2.21 bits per heavy atom. The molecule has 24 heavy (non-hydrogen) atoms. The van der Waals surface area contributed by atoms with Crippen molar-refractivity contribution in [1.82, 2.24) is 9.78 Å². The number of nitrogens with one attached hydrogen (secondary N) is 1. The van der Waals surface area contributed by atoms with E-state index in [9.17, 15) is 15.2 Å². The summed E-state index contributed by atoms with van der Waals surface area (Å²) in [5.74, 6) is 0.675. The van der Waals surface area contributed by atoms with Gasteiger partial charge in [0.15, 0.2) is 0 Å². The molecule has 0 bridgehead atoms. The molecule has 1 aliphatic heterocycles. The number of aromatic nitrogens is 2. The van der Waals surface area contributed by atoms with E-state index in [1.165, 1.54) is 6.07 Å². The highest BCUT2D eigenvalue weighted by molar-refractivity contribution is 6.12. The molecule has 0 unspecified atom stereocenters. The zero-order valence-corrected chi connectivity index (χ0v) is 12.8. The van der Waals surface area contributed by atoms with Gasteiger partial charge < -0.3 is 15.2 Å². The fourth-order valence-corrected chi connectivity index (χ4v) is 3.08. The first-order chi connectivity index (χ1) is 11.6. The zero-order chi connectivity index (χ0) is 16.8. The molecule has 0 fully saturated rings. The topological polar surface area (TPSA) is 102 Å². The van der Waals surface area contributed by atoms with E-state index in [1.807, 2.05) is 12.1 Å². The van der Waals surface area contributed by atoms with Crippen LogP contribution in [0.2, 0.25) is 0 Å². The van der Waals surface area contributed by atoms with Gasteiger partial charge in [-0.3, -0.25) is 14.8 Å². The van der Waals surface area contributed by atoms with Gasteiger partial charge >= 0.3 is 0 Å². The number of ether oxygens (including phenoxy) is 1. The molecule has 1 aliphatic rings. The van der Waals surface area contributed by atoms with Crippen LogP contribution in [0.15, 0.2) is 30.3 Å². The fraction of sp³-hybridized carbons (Fsp3) is 0.188. The summed E-state index contributed by atoms with van der Waals surface area (Å²) in [6.45, 7) is 0.244. The number of hydrogen-bond acceptors (Lipinski definition) is 6. The van der Waals surface area contributed by atoms with Crippen LogP contribution in [0.1, 0.15) is 0 Å². The first-order valence-electron chi connectivity index (χ1n) is 7.38. The lowest BCUT2D eigenvalue weighted by Gasteiger charge is -2.18. The maximum Gasteiger partial charge on any atom is 0.293 e. The van der Waals surface area contributed by atoms with Crippen LogP contribution in [-0.2, 0) is 6.54 Å². The lowest BCUT2D eigenvalue weighted by atomic mass is 9.99. The first-order valence-corrected chi connectivity index (χ1v) is 7.38. The Labute approximate surface area is 136 Å². The summed E-state index contributed by atoms with van der Waals surface area (Å²) in [4.78, 5) is 11.0. The van der Waals surface area contributed by atoms with Crippen molar-refractivity contribution >= 4 is 28.0 Å². The Balaban J connectivity index is 2.08. The quantitative estimate of drug-likeness (QED) is 0.441. The van der Waals surface area contributed by atoms with Crippen LogP contribution in [0, 0.1) is 10.1 Å². The van der Waals surface area contributed by atoms with E-state index in [4.69, 9.17) is 4.74 Å². The van der Waals surface area contributed by atoms with Gasteiger partial charge in [-0.25, -0.2) is 0 Å². The van der Waals surface area contributed by atoms with Crippen molar-refractivity contribution in [2.24, 2.45) is 0 Å². The van der Waals surface area contributed by atoms with E-state index in [-0.39, 0.29) is 12.3 Å². The molecule has 0 spiro atoms. The van der Waals surface area contributed by atoms with Crippen LogP contribution in [0.25, 0.3) is 22.2 Å². The van der Waals surface area contributed by atoms with Crippen LogP contribution in [0.3, 0.4) is 0 Å². The van der Waals surface area contributed by atoms with Crippen molar-refractivity contribution < 1.29 is 14.8 Å². The van der Waals surface area contributed by atoms with Gasteiger partial charge in [-0.05, 0) is 24.3 Å². The molecule has 2 N–H and O–H groups in total. The lowest BCUT2D eigenvalue weighted by molar-refractivity contribution is -0.383. The van der Waals surface area contributed by atoms with Crippen molar-refractivity contribution in [3.8, 4) is 17.0 Å². The van der Waals surface area contributed by atoms with E-state index in [1.54, 1.807) is 23.9 Å². The van der Waals surface area contributed by atoms with Gasteiger partial charge in [-0.15, -0.1) is 0 Å². The van der Waals surface area contributed by atoms with E-state index in [2.05, 4.69) is 10.4 Å². The van der Waals surface area contributed by atoms with Crippen LogP contribution >= 0.6 is 0 Å². The number of anilines is 2. The third-order valence-corrected chi connectivity index (χ3v) is 4.15. The molecule has 0 aliphatic carbocycles. The normalized spacial score (nSPS) is 11.9. The lowest BCUT2D eigenvalue weighted by Crippen LogP contribution is -2.03. The first kappa shape index (κ1) is 14.5. The van der Waals surface area contributed by atoms with Crippen molar-refractivity contribution in [3.05, 3.63) is 40.4 Å². The molecule has 122 valence electrons. The van der Waals surface area contributed by atoms with E-state index in [0.29, 0.717) is 29.1 Å². The zero-order valence-electron chi connectivity index (χ0n) is 12.8. The Morgan fingerprint density at radius 3 is 2.92 bits per heavy atom. The second-order valence-electron chi connectivity index (χ2n) is 5.44. The predicted octanol–water partition coefficient (Wildman–Crippen LogP) is 2.67. The van der Waals surface area contributed by atoms with Gasteiger partial charge in [0.05, 0.1) is 36.1 Å². The molecule has 0 amide bonds. The summed E-state index contributed by atoms with van der Waals surface area (Å²) in [6.07, 6.45) is 0. The fourth-order valence-electron chi connectivity index (χ4n) is 3.08. The number of fused-ring (bicyclic) bond motifs is 2. The molecule has 3 aromatic rings. The monoisotopic (exact) mass is 326 g/mol. The number of aliphatic hydroxyl groups is 1. The molecule has 2 heterocycles. The largest absolute Gasteiger partial charge is 0.497 e. The number of rotatable bonds is 4. The van der Waals surface area contributed by atoms with Crippen molar-refractivity contribution in [2.45, 2.75) is 6.54 Å².